The van der Waals surface area contributed by atoms with Crippen molar-refractivity contribution in [2.45, 2.75) is 38.8 Å². The fourth-order valence-corrected chi connectivity index (χ4v) is 4.61. The van der Waals surface area contributed by atoms with Crippen LogP contribution < -0.4 is 0 Å². The smallest absolute Gasteiger partial charge is 0.358 e. The number of amides is 1. The van der Waals surface area contributed by atoms with Crippen molar-refractivity contribution in [2.75, 3.05) is 13.7 Å². The minimum absolute atomic E-state index is 0.107. The zero-order valence-corrected chi connectivity index (χ0v) is 14.4. The molecule has 0 bridgehead atoms. The number of carbonyl (C=O) groups excluding carboxylic acids is 2. The highest BCUT2D eigenvalue weighted by Crippen LogP contribution is 2.31. The average molecular weight is 345 g/mol. The van der Waals surface area contributed by atoms with Gasteiger partial charge in [0, 0.05) is 6.54 Å². The molecule has 4 rings (SSSR count). The molecule has 0 saturated carbocycles. The first kappa shape index (κ1) is 15.4. The molecule has 2 aliphatic rings. The van der Waals surface area contributed by atoms with Crippen LogP contribution in [0.1, 0.15) is 49.8 Å². The quantitative estimate of drug-likeness (QED) is 0.783. The molecular formula is C17H19N3O3S. The van der Waals surface area contributed by atoms with E-state index in [1.165, 1.54) is 31.1 Å². The van der Waals surface area contributed by atoms with Crippen molar-refractivity contribution >= 4 is 23.2 Å². The Labute approximate surface area is 144 Å². The SMILES string of the molecule is COC(=O)c1cc2n(n1)CCN(C(=O)c1scc3c1CCCC3)C2. The van der Waals surface area contributed by atoms with Gasteiger partial charge >= 0.3 is 5.97 Å². The normalized spacial score (nSPS) is 16.5. The molecule has 1 amide bonds. The second-order valence-electron chi connectivity index (χ2n) is 6.24. The molecule has 2 aromatic heterocycles. The Morgan fingerprint density at radius 2 is 2.08 bits per heavy atom. The summed E-state index contributed by atoms with van der Waals surface area (Å²) in [5.74, 6) is -0.336. The van der Waals surface area contributed by atoms with Gasteiger partial charge in [0.15, 0.2) is 5.69 Å². The fourth-order valence-electron chi connectivity index (χ4n) is 3.49. The zero-order valence-electron chi connectivity index (χ0n) is 13.6. The number of thiophene rings is 1. The minimum atomic E-state index is -0.442. The third-order valence-electron chi connectivity index (χ3n) is 4.78. The second kappa shape index (κ2) is 6.05. The van der Waals surface area contributed by atoms with Crippen LogP contribution in [0.4, 0.5) is 0 Å². The molecule has 6 nitrogen and oxygen atoms in total. The van der Waals surface area contributed by atoms with Gasteiger partial charge in [-0.05, 0) is 48.3 Å². The number of methoxy groups -OCH3 is 1. The number of hydrogen-bond acceptors (Lipinski definition) is 5. The van der Waals surface area contributed by atoms with Gasteiger partial charge in [-0.2, -0.15) is 5.10 Å². The van der Waals surface area contributed by atoms with Crippen molar-refractivity contribution < 1.29 is 14.3 Å². The number of ether oxygens (including phenoxy) is 1. The molecular weight excluding hydrogens is 326 g/mol. The topological polar surface area (TPSA) is 64.4 Å². The van der Waals surface area contributed by atoms with Gasteiger partial charge in [0.2, 0.25) is 0 Å². The van der Waals surface area contributed by atoms with Gasteiger partial charge in [-0.15, -0.1) is 11.3 Å². The monoisotopic (exact) mass is 345 g/mol. The standard InChI is InChI=1S/C17H19N3O3S/c1-23-17(22)14-8-12-9-19(6-7-20(12)18-14)16(21)15-13-5-3-2-4-11(13)10-24-15/h8,10H,2-7,9H2,1H3. The predicted octanol–water partition coefficient (Wildman–Crippen LogP) is 2.27. The lowest BCUT2D eigenvalue weighted by atomic mass is 9.93. The summed E-state index contributed by atoms with van der Waals surface area (Å²) in [4.78, 5) is 27.3. The van der Waals surface area contributed by atoms with Crippen LogP contribution in [0.5, 0.6) is 0 Å². The van der Waals surface area contributed by atoms with E-state index in [2.05, 4.69) is 10.5 Å². The lowest BCUT2D eigenvalue weighted by molar-refractivity contribution is 0.0591. The molecule has 24 heavy (non-hydrogen) atoms. The molecule has 0 saturated heterocycles. The largest absolute Gasteiger partial charge is 0.464 e. The minimum Gasteiger partial charge on any atom is -0.464 e. The number of aryl methyl sites for hydroxylation is 1. The highest BCUT2D eigenvalue weighted by atomic mass is 32.1. The van der Waals surface area contributed by atoms with E-state index in [1.54, 1.807) is 22.1 Å². The Balaban J connectivity index is 1.56. The molecule has 1 aliphatic heterocycles. The molecule has 0 spiro atoms. The van der Waals surface area contributed by atoms with Crippen LogP contribution in [0.25, 0.3) is 0 Å². The fraction of sp³-hybridized carbons (Fsp3) is 0.471. The van der Waals surface area contributed by atoms with Crippen LogP contribution in [0.2, 0.25) is 0 Å². The number of aromatic nitrogens is 2. The lowest BCUT2D eigenvalue weighted by Gasteiger charge is -2.28. The summed E-state index contributed by atoms with van der Waals surface area (Å²) in [6.07, 6.45) is 4.49. The summed E-state index contributed by atoms with van der Waals surface area (Å²) < 4.78 is 6.51. The Morgan fingerprint density at radius 3 is 2.92 bits per heavy atom. The van der Waals surface area contributed by atoms with Crippen LogP contribution in [-0.2, 0) is 30.7 Å². The van der Waals surface area contributed by atoms with Crippen LogP contribution >= 0.6 is 11.3 Å². The number of nitrogens with zero attached hydrogens (tertiary/aromatic N) is 3. The summed E-state index contributed by atoms with van der Waals surface area (Å²) in [5.41, 5.74) is 3.78. The first-order valence-electron chi connectivity index (χ1n) is 8.21. The number of rotatable bonds is 2. The van der Waals surface area contributed by atoms with E-state index in [9.17, 15) is 9.59 Å². The maximum atomic E-state index is 13.0. The number of hydrogen-bond donors (Lipinski definition) is 0. The van der Waals surface area contributed by atoms with E-state index in [-0.39, 0.29) is 5.91 Å². The number of fused-ring (bicyclic) bond motifs is 2. The molecule has 0 N–H and O–H groups in total. The van der Waals surface area contributed by atoms with Crippen molar-refractivity contribution in [3.8, 4) is 0 Å². The average Bonchev–Trinajstić information content (AvgIpc) is 3.23. The predicted molar refractivity (Wildman–Crippen MR) is 89.3 cm³/mol. The molecule has 1 aliphatic carbocycles. The summed E-state index contributed by atoms with van der Waals surface area (Å²) in [6.45, 7) is 1.70. The van der Waals surface area contributed by atoms with Crippen molar-refractivity contribution in [3.05, 3.63) is 38.8 Å². The van der Waals surface area contributed by atoms with Crippen molar-refractivity contribution in [1.29, 1.82) is 0 Å². The lowest BCUT2D eigenvalue weighted by Crippen LogP contribution is -2.38. The first-order valence-corrected chi connectivity index (χ1v) is 9.09. The molecule has 3 heterocycles. The van der Waals surface area contributed by atoms with Crippen molar-refractivity contribution in [1.82, 2.24) is 14.7 Å². The van der Waals surface area contributed by atoms with Crippen LogP contribution in [0.3, 0.4) is 0 Å². The van der Waals surface area contributed by atoms with Gasteiger partial charge in [-0.25, -0.2) is 4.79 Å². The van der Waals surface area contributed by atoms with E-state index in [0.717, 1.165) is 23.4 Å². The summed E-state index contributed by atoms with van der Waals surface area (Å²) in [5, 5.41) is 6.40. The molecule has 0 unspecified atom stereocenters. The van der Waals surface area contributed by atoms with Gasteiger partial charge in [0.25, 0.3) is 5.91 Å². The third-order valence-corrected chi connectivity index (χ3v) is 5.84. The summed E-state index contributed by atoms with van der Waals surface area (Å²) in [6, 6.07) is 1.72. The summed E-state index contributed by atoms with van der Waals surface area (Å²) >= 11 is 1.57. The molecule has 7 heteroatoms. The van der Waals surface area contributed by atoms with Gasteiger partial charge in [-0.1, -0.05) is 0 Å². The van der Waals surface area contributed by atoms with Crippen LogP contribution in [0, 0.1) is 0 Å². The van der Waals surface area contributed by atoms with Crippen LogP contribution in [-0.4, -0.2) is 40.2 Å². The van der Waals surface area contributed by atoms with E-state index in [4.69, 9.17) is 4.74 Å². The third kappa shape index (κ3) is 2.53. The molecule has 0 fully saturated rings. The molecule has 0 radical (unpaired) electrons. The van der Waals surface area contributed by atoms with Gasteiger partial charge in [0.05, 0.1) is 30.8 Å². The molecule has 126 valence electrons. The van der Waals surface area contributed by atoms with Gasteiger partial charge < -0.3 is 9.64 Å². The summed E-state index contributed by atoms with van der Waals surface area (Å²) in [7, 11) is 1.34. The Morgan fingerprint density at radius 1 is 1.25 bits per heavy atom. The maximum Gasteiger partial charge on any atom is 0.358 e. The van der Waals surface area contributed by atoms with E-state index >= 15 is 0 Å². The maximum absolute atomic E-state index is 13.0. The van der Waals surface area contributed by atoms with E-state index in [1.807, 2.05) is 4.90 Å². The van der Waals surface area contributed by atoms with Crippen molar-refractivity contribution in [3.63, 3.8) is 0 Å². The Bertz CT molecular complexity index is 808. The first-order chi connectivity index (χ1) is 11.7. The Hall–Kier alpha value is -2.15. The number of carbonyl (C=O) groups is 2. The highest BCUT2D eigenvalue weighted by Gasteiger charge is 2.28. The second-order valence-corrected chi connectivity index (χ2v) is 7.12. The van der Waals surface area contributed by atoms with Crippen molar-refractivity contribution in [2.24, 2.45) is 0 Å². The van der Waals surface area contributed by atoms with Crippen LogP contribution in [0.15, 0.2) is 11.4 Å². The van der Waals surface area contributed by atoms with E-state index in [0.29, 0.717) is 25.3 Å². The number of esters is 1. The van der Waals surface area contributed by atoms with E-state index < -0.39 is 5.97 Å². The Kier molecular flexibility index (Phi) is 3.88. The molecule has 0 atom stereocenters. The zero-order chi connectivity index (χ0) is 16.7. The van der Waals surface area contributed by atoms with Gasteiger partial charge in [-0.3, -0.25) is 9.48 Å². The molecule has 2 aromatic rings. The molecule has 0 aromatic carbocycles. The van der Waals surface area contributed by atoms with Gasteiger partial charge in [0.1, 0.15) is 0 Å². The highest BCUT2D eigenvalue weighted by molar-refractivity contribution is 7.12.